The number of hydrogen-bond donors (Lipinski definition) is 7. The molecule has 1 amide bonds. The number of carbonyl (C=O) groups is 1. The minimum atomic E-state index is -1.41. The van der Waals surface area contributed by atoms with E-state index < -0.39 is 37.5 Å². The molecule has 1 fully saturated rings. The van der Waals surface area contributed by atoms with Crippen LogP contribution in [0.1, 0.15) is 19.3 Å². The van der Waals surface area contributed by atoms with E-state index in [4.69, 9.17) is 35.2 Å². The van der Waals surface area contributed by atoms with Gasteiger partial charge in [-0.05, 0) is 12.8 Å². The summed E-state index contributed by atoms with van der Waals surface area (Å²) >= 11 is 0. The number of amidine groups is 1. The predicted octanol–water partition coefficient (Wildman–Crippen LogP) is -3.43. The van der Waals surface area contributed by atoms with Gasteiger partial charge in [0.15, 0.2) is 6.23 Å². The maximum atomic E-state index is 12.0. The maximum Gasteiger partial charge on any atom is 0.229 e. The van der Waals surface area contributed by atoms with Crippen LogP contribution in [-0.2, 0) is 28.5 Å². The summed E-state index contributed by atoms with van der Waals surface area (Å²) in [6.07, 6.45) is -3.45. The molecular weight excluding hydrogens is 506 g/mol. The molecule has 1 saturated heterocycles. The van der Waals surface area contributed by atoms with Crippen LogP contribution in [-0.4, -0.2) is 141 Å². The Hall–Kier alpha value is -1.92. The molecule has 15 nitrogen and oxygen atoms in total. The van der Waals surface area contributed by atoms with Gasteiger partial charge in [0.05, 0.1) is 59.5 Å². The Bertz CT molecular complexity index is 743. The number of nitrogens with one attached hydrogen (secondary N) is 1. The summed E-state index contributed by atoms with van der Waals surface area (Å²) in [5, 5.41) is 42.5. The van der Waals surface area contributed by atoms with Gasteiger partial charge >= 0.3 is 0 Å². The van der Waals surface area contributed by atoms with Crippen molar-refractivity contribution in [2.24, 2.45) is 16.5 Å². The lowest BCUT2D eigenvalue weighted by Crippen LogP contribution is -2.48. The molecule has 0 saturated carbocycles. The van der Waals surface area contributed by atoms with E-state index in [-0.39, 0.29) is 24.8 Å². The van der Waals surface area contributed by atoms with Crippen molar-refractivity contribution in [3.8, 4) is 0 Å². The average molecular weight is 550 g/mol. The van der Waals surface area contributed by atoms with Crippen molar-refractivity contribution in [1.29, 1.82) is 0 Å². The third-order valence-corrected chi connectivity index (χ3v) is 5.76. The van der Waals surface area contributed by atoms with E-state index in [0.717, 1.165) is 0 Å². The fraction of sp³-hybridized carbons (Fsp3) is 0.826. The number of rotatable bonds is 20. The van der Waals surface area contributed by atoms with E-state index in [1.165, 1.54) is 11.1 Å². The lowest BCUT2D eigenvalue weighted by atomic mass is 10.1. The van der Waals surface area contributed by atoms with E-state index >= 15 is 0 Å². The van der Waals surface area contributed by atoms with Crippen molar-refractivity contribution in [1.82, 2.24) is 10.2 Å². The molecule has 9 N–H and O–H groups in total. The number of amides is 1. The minimum Gasteiger partial charge on any atom is -0.394 e. The third-order valence-electron chi connectivity index (χ3n) is 5.76. The molecule has 2 aliphatic rings. The summed E-state index contributed by atoms with van der Waals surface area (Å²) in [5.41, 5.74) is 11.8. The number of aliphatic hydroxyl groups is 4. The summed E-state index contributed by atoms with van der Waals surface area (Å²) in [6.45, 7) is 3.87. The van der Waals surface area contributed by atoms with Gasteiger partial charge < -0.3 is 65.8 Å². The van der Waals surface area contributed by atoms with Gasteiger partial charge in [-0.1, -0.05) is 0 Å². The number of aliphatic hydroxyl groups excluding tert-OH is 4. The standard InChI is InChI=1S/C23H43N5O10/c24-4-7-35-9-11-37-13-12-36-10-8-34-6-3-18(30)26-5-1-2-16-14-28(23(33)27-21(16)25)22-20(32)19(31)17(15-29)38-22/h14,17,19-20,22-23,29,31-33H,1-13,15,24H2,(H2,25,27)(H,26,30)/t17-,19?,20?,22-,23?/m1/s1. The maximum absolute atomic E-state index is 12.0. The number of hydrogen-bond acceptors (Lipinski definition) is 14. The molecule has 2 heterocycles. The zero-order valence-corrected chi connectivity index (χ0v) is 21.7. The quantitative estimate of drug-likeness (QED) is 0.0735. The van der Waals surface area contributed by atoms with Crippen LogP contribution < -0.4 is 16.8 Å². The van der Waals surface area contributed by atoms with Gasteiger partial charge in [0, 0.05) is 31.3 Å². The second kappa shape index (κ2) is 18.4. The second-order valence-electron chi connectivity index (χ2n) is 8.63. The number of aliphatic imine (C=N–C) groups is 1. The van der Waals surface area contributed by atoms with Crippen LogP contribution in [0.3, 0.4) is 0 Å². The molecular formula is C23H43N5O10. The Labute approximate surface area is 222 Å². The van der Waals surface area contributed by atoms with Crippen LogP contribution in [0, 0.1) is 0 Å². The molecule has 0 bridgehead atoms. The number of ether oxygens (including phenoxy) is 5. The van der Waals surface area contributed by atoms with Gasteiger partial charge in [0.25, 0.3) is 0 Å². The molecule has 2 aliphatic heterocycles. The largest absolute Gasteiger partial charge is 0.394 e. The van der Waals surface area contributed by atoms with E-state index in [1.807, 2.05) is 0 Å². The van der Waals surface area contributed by atoms with Gasteiger partial charge in [-0.2, -0.15) is 0 Å². The van der Waals surface area contributed by atoms with Crippen LogP contribution in [0.5, 0.6) is 0 Å². The van der Waals surface area contributed by atoms with Crippen LogP contribution in [0.15, 0.2) is 16.8 Å². The lowest BCUT2D eigenvalue weighted by molar-refractivity contribution is -0.130. The smallest absolute Gasteiger partial charge is 0.229 e. The third kappa shape index (κ3) is 11.1. The Balaban J connectivity index is 1.54. The zero-order valence-electron chi connectivity index (χ0n) is 21.7. The van der Waals surface area contributed by atoms with E-state index in [9.17, 15) is 25.2 Å². The number of nitrogens with two attached hydrogens (primary N) is 2. The molecule has 0 aromatic heterocycles. The van der Waals surface area contributed by atoms with E-state index in [2.05, 4.69) is 10.3 Å². The fourth-order valence-electron chi connectivity index (χ4n) is 3.72. The summed E-state index contributed by atoms with van der Waals surface area (Å²) in [6, 6.07) is 0. The lowest BCUT2D eigenvalue weighted by Gasteiger charge is -2.34. The van der Waals surface area contributed by atoms with Crippen LogP contribution >= 0.6 is 0 Å². The monoisotopic (exact) mass is 549 g/mol. The topological polar surface area (TPSA) is 224 Å². The SMILES string of the molecule is NCCOCCOCCOCCOCCC(=O)NCCCC1=CN([C@@H]2O[C@H](CO)C(O)C2O)C(O)N=C1N. The normalized spacial score (nSPS) is 25.4. The Morgan fingerprint density at radius 1 is 1.00 bits per heavy atom. The second-order valence-corrected chi connectivity index (χ2v) is 8.63. The minimum absolute atomic E-state index is 0.130. The summed E-state index contributed by atoms with van der Waals surface area (Å²) < 4.78 is 26.8. The fourth-order valence-corrected chi connectivity index (χ4v) is 3.72. The first-order valence-corrected chi connectivity index (χ1v) is 12.8. The molecule has 5 atom stereocenters. The molecule has 0 aromatic carbocycles. The summed E-state index contributed by atoms with van der Waals surface area (Å²) in [4.78, 5) is 17.2. The first-order valence-electron chi connectivity index (χ1n) is 12.8. The molecule has 220 valence electrons. The van der Waals surface area contributed by atoms with Gasteiger partial charge in [-0.15, -0.1) is 0 Å². The zero-order chi connectivity index (χ0) is 27.8. The molecule has 2 rings (SSSR count). The van der Waals surface area contributed by atoms with Crippen molar-refractivity contribution in [3.63, 3.8) is 0 Å². The highest BCUT2D eigenvalue weighted by atomic mass is 16.6. The molecule has 0 aromatic rings. The van der Waals surface area contributed by atoms with Crippen molar-refractivity contribution >= 4 is 11.7 Å². The average Bonchev–Trinajstić information content (AvgIpc) is 3.18. The van der Waals surface area contributed by atoms with Crippen molar-refractivity contribution < 1.29 is 48.9 Å². The van der Waals surface area contributed by atoms with Crippen LogP contribution in [0.25, 0.3) is 0 Å². The number of nitrogens with zero attached hydrogens (tertiary/aromatic N) is 2. The number of carbonyl (C=O) groups excluding carboxylic acids is 1. The van der Waals surface area contributed by atoms with Gasteiger partial charge in [0.1, 0.15) is 24.1 Å². The Morgan fingerprint density at radius 3 is 2.18 bits per heavy atom. The molecule has 0 radical (unpaired) electrons. The van der Waals surface area contributed by atoms with Gasteiger partial charge in [-0.25, -0.2) is 4.99 Å². The summed E-state index contributed by atoms with van der Waals surface area (Å²) in [7, 11) is 0. The molecule has 0 aliphatic carbocycles. The highest BCUT2D eigenvalue weighted by molar-refractivity contribution is 5.97. The van der Waals surface area contributed by atoms with Crippen LogP contribution in [0.4, 0.5) is 0 Å². The highest BCUT2D eigenvalue weighted by Gasteiger charge is 2.46. The van der Waals surface area contributed by atoms with Crippen molar-refractivity contribution in [3.05, 3.63) is 11.8 Å². The Kier molecular flexibility index (Phi) is 15.6. The van der Waals surface area contributed by atoms with Gasteiger partial charge in [0.2, 0.25) is 12.3 Å². The van der Waals surface area contributed by atoms with Gasteiger partial charge in [-0.3, -0.25) is 4.79 Å². The first-order chi connectivity index (χ1) is 18.4. The summed E-state index contributed by atoms with van der Waals surface area (Å²) in [5.74, 6) is -0.0236. The molecule has 15 heteroatoms. The van der Waals surface area contributed by atoms with E-state index in [0.29, 0.717) is 77.8 Å². The highest BCUT2D eigenvalue weighted by Crippen LogP contribution is 2.28. The molecule has 0 spiro atoms. The Morgan fingerprint density at radius 2 is 1.61 bits per heavy atom. The molecule has 3 unspecified atom stereocenters. The first kappa shape index (κ1) is 32.3. The van der Waals surface area contributed by atoms with Crippen LogP contribution in [0.2, 0.25) is 0 Å². The van der Waals surface area contributed by atoms with Crippen molar-refractivity contribution in [2.45, 2.75) is 50.2 Å². The predicted molar refractivity (Wildman–Crippen MR) is 135 cm³/mol. The molecule has 38 heavy (non-hydrogen) atoms. The van der Waals surface area contributed by atoms with Crippen molar-refractivity contribution in [2.75, 3.05) is 72.6 Å². The van der Waals surface area contributed by atoms with E-state index in [1.54, 1.807) is 0 Å².